The lowest BCUT2D eigenvalue weighted by atomic mass is 9.73. The number of pyridine rings is 1. The number of para-hydroxylation sites is 1. The number of hydrogen-bond donors (Lipinski definition) is 1. The zero-order valence-corrected chi connectivity index (χ0v) is 16.9. The predicted octanol–water partition coefficient (Wildman–Crippen LogP) is 5.79. The number of benzene rings is 2. The Morgan fingerprint density at radius 1 is 1.17 bits per heavy atom. The summed E-state index contributed by atoms with van der Waals surface area (Å²) in [6.45, 7) is 1.95. The molecule has 1 atom stereocenters. The van der Waals surface area contributed by atoms with E-state index in [0.29, 0.717) is 17.5 Å². The van der Waals surface area contributed by atoms with Gasteiger partial charge in [0.15, 0.2) is 0 Å². The Kier molecular flexibility index (Phi) is 5.76. The van der Waals surface area contributed by atoms with Crippen molar-refractivity contribution in [1.82, 2.24) is 4.98 Å². The van der Waals surface area contributed by atoms with E-state index in [2.05, 4.69) is 28.5 Å². The maximum absolute atomic E-state index is 13.8. The number of nitriles is 1. The summed E-state index contributed by atoms with van der Waals surface area (Å²) in [5.74, 6) is -0.0848. The normalized spacial score (nSPS) is 19.8. The Bertz CT molecular complexity index is 1110. The van der Waals surface area contributed by atoms with Gasteiger partial charge in [0.25, 0.3) is 0 Å². The van der Waals surface area contributed by atoms with Gasteiger partial charge >= 0.3 is 0 Å². The van der Waals surface area contributed by atoms with Gasteiger partial charge in [-0.2, -0.15) is 5.26 Å². The zero-order chi connectivity index (χ0) is 21.1. The molecule has 152 valence electrons. The number of carbonyl (C=O) groups is 1. The fourth-order valence-corrected chi connectivity index (χ4v) is 4.56. The molecule has 1 N–H and O–H groups in total. The van der Waals surface area contributed by atoms with E-state index in [1.165, 1.54) is 23.1 Å². The van der Waals surface area contributed by atoms with Gasteiger partial charge in [0.2, 0.25) is 5.91 Å². The van der Waals surface area contributed by atoms with Gasteiger partial charge in [-0.1, -0.05) is 25.1 Å². The van der Waals surface area contributed by atoms with Gasteiger partial charge in [-0.25, -0.2) is 4.39 Å². The molecule has 0 aliphatic heterocycles. The van der Waals surface area contributed by atoms with Gasteiger partial charge in [-0.05, 0) is 73.4 Å². The molecule has 1 aliphatic rings. The summed E-state index contributed by atoms with van der Waals surface area (Å²) in [5, 5.41) is 12.9. The molecule has 0 radical (unpaired) electrons. The Hall–Kier alpha value is -3.26. The lowest BCUT2D eigenvalue weighted by Gasteiger charge is -2.32. The third kappa shape index (κ3) is 4.04. The average molecular weight is 401 g/mol. The maximum atomic E-state index is 13.8. The second-order valence-corrected chi connectivity index (χ2v) is 8.11. The minimum atomic E-state index is -0.618. The average Bonchev–Trinajstić information content (AvgIpc) is 2.78. The third-order valence-corrected chi connectivity index (χ3v) is 6.37. The van der Waals surface area contributed by atoms with E-state index in [1.807, 2.05) is 25.3 Å². The number of carbonyl (C=O) groups excluding carboxylic acids is 1. The second kappa shape index (κ2) is 8.62. The quantitative estimate of drug-likeness (QED) is 0.601. The van der Waals surface area contributed by atoms with Crippen molar-refractivity contribution in [2.75, 3.05) is 5.32 Å². The minimum absolute atomic E-state index is 0.0250. The molecular formula is C25H24FN3O. The van der Waals surface area contributed by atoms with Crippen molar-refractivity contribution in [3.05, 3.63) is 71.7 Å². The zero-order valence-electron chi connectivity index (χ0n) is 16.9. The molecule has 4 rings (SSSR count). The maximum Gasteiger partial charge on any atom is 0.227 e. The van der Waals surface area contributed by atoms with Crippen molar-refractivity contribution in [2.45, 2.75) is 38.5 Å². The molecule has 1 fully saturated rings. The molecule has 0 bridgehead atoms. The third-order valence-electron chi connectivity index (χ3n) is 6.37. The van der Waals surface area contributed by atoms with E-state index in [-0.39, 0.29) is 17.4 Å². The molecule has 1 aliphatic carbocycles. The smallest absolute Gasteiger partial charge is 0.227 e. The number of nitrogens with zero attached hydrogens (tertiary/aromatic N) is 2. The molecule has 5 heteroatoms. The van der Waals surface area contributed by atoms with Crippen LogP contribution in [0.3, 0.4) is 0 Å². The standard InChI is InChI=1S/C25H24FN3O/c1-16(25(30)29-20-11-10-19(15-27)23(26)14-20)17-6-8-18(9-7-17)21-12-13-28-24-5-3-2-4-22(21)24/h2-5,10-14,16-18H,6-9H2,1H3,(H,29,30)/t16-,17-,18+/m1/s1. The summed E-state index contributed by atoms with van der Waals surface area (Å²) < 4.78 is 13.8. The number of halogens is 1. The van der Waals surface area contributed by atoms with Crippen molar-refractivity contribution in [2.24, 2.45) is 11.8 Å². The van der Waals surface area contributed by atoms with Crippen molar-refractivity contribution in [1.29, 1.82) is 5.26 Å². The summed E-state index contributed by atoms with van der Waals surface area (Å²) in [6, 6.07) is 16.3. The lowest BCUT2D eigenvalue weighted by molar-refractivity contribution is -0.121. The van der Waals surface area contributed by atoms with Gasteiger partial charge in [-0.3, -0.25) is 9.78 Å². The van der Waals surface area contributed by atoms with Crippen LogP contribution in [0, 0.1) is 29.0 Å². The first-order valence-corrected chi connectivity index (χ1v) is 10.4. The highest BCUT2D eigenvalue weighted by Crippen LogP contribution is 2.40. The number of hydrogen-bond acceptors (Lipinski definition) is 3. The first-order chi connectivity index (χ1) is 14.6. The molecule has 4 nitrogen and oxygen atoms in total. The number of amides is 1. The van der Waals surface area contributed by atoms with E-state index in [0.717, 1.165) is 31.2 Å². The van der Waals surface area contributed by atoms with Crippen LogP contribution in [0.25, 0.3) is 10.9 Å². The Morgan fingerprint density at radius 3 is 2.67 bits per heavy atom. The molecule has 1 aromatic heterocycles. The van der Waals surface area contributed by atoms with Crippen LogP contribution in [0.4, 0.5) is 10.1 Å². The Morgan fingerprint density at radius 2 is 1.93 bits per heavy atom. The number of nitrogens with one attached hydrogen (secondary N) is 1. The van der Waals surface area contributed by atoms with Gasteiger partial charge in [0.05, 0.1) is 11.1 Å². The molecular weight excluding hydrogens is 377 g/mol. The van der Waals surface area contributed by atoms with Crippen molar-refractivity contribution in [3.8, 4) is 6.07 Å². The molecule has 1 saturated carbocycles. The molecule has 0 saturated heterocycles. The highest BCUT2D eigenvalue weighted by Gasteiger charge is 2.30. The lowest BCUT2D eigenvalue weighted by Crippen LogP contribution is -2.29. The van der Waals surface area contributed by atoms with E-state index in [1.54, 1.807) is 12.1 Å². The predicted molar refractivity (Wildman–Crippen MR) is 115 cm³/mol. The molecule has 3 aromatic rings. The fourth-order valence-electron chi connectivity index (χ4n) is 4.56. The highest BCUT2D eigenvalue weighted by atomic mass is 19.1. The van der Waals surface area contributed by atoms with Gasteiger partial charge < -0.3 is 5.32 Å². The SMILES string of the molecule is C[C@@H](C(=O)Nc1ccc(C#N)c(F)c1)[C@H]1CC[C@@H](c2ccnc3ccccc32)CC1. The molecule has 30 heavy (non-hydrogen) atoms. The van der Waals surface area contributed by atoms with E-state index in [9.17, 15) is 9.18 Å². The molecule has 1 heterocycles. The highest BCUT2D eigenvalue weighted by molar-refractivity contribution is 5.92. The van der Waals surface area contributed by atoms with E-state index in [4.69, 9.17) is 5.26 Å². The van der Waals surface area contributed by atoms with E-state index >= 15 is 0 Å². The van der Waals surface area contributed by atoms with Crippen molar-refractivity contribution in [3.63, 3.8) is 0 Å². The van der Waals surface area contributed by atoms with Crippen LogP contribution >= 0.6 is 0 Å². The molecule has 2 aromatic carbocycles. The number of anilines is 1. The second-order valence-electron chi connectivity index (χ2n) is 8.11. The molecule has 1 amide bonds. The minimum Gasteiger partial charge on any atom is -0.326 e. The van der Waals surface area contributed by atoms with Crippen LogP contribution in [-0.2, 0) is 4.79 Å². The summed E-state index contributed by atoms with van der Waals surface area (Å²) >= 11 is 0. The number of aromatic nitrogens is 1. The fraction of sp³-hybridized carbons (Fsp3) is 0.320. The van der Waals surface area contributed by atoms with E-state index < -0.39 is 5.82 Å². The molecule has 0 unspecified atom stereocenters. The molecule has 0 spiro atoms. The summed E-state index contributed by atoms with van der Waals surface area (Å²) in [6.07, 6.45) is 5.94. The van der Waals surface area contributed by atoms with Crippen LogP contribution < -0.4 is 5.32 Å². The monoisotopic (exact) mass is 401 g/mol. The first-order valence-electron chi connectivity index (χ1n) is 10.4. The van der Waals surface area contributed by atoms with Gasteiger partial charge in [0.1, 0.15) is 11.9 Å². The number of rotatable bonds is 4. The van der Waals surface area contributed by atoms with Gasteiger partial charge in [0, 0.05) is 23.2 Å². The largest absolute Gasteiger partial charge is 0.326 e. The Balaban J connectivity index is 1.39. The summed E-state index contributed by atoms with van der Waals surface area (Å²) in [7, 11) is 0. The topological polar surface area (TPSA) is 65.8 Å². The van der Waals surface area contributed by atoms with Crippen LogP contribution in [0.1, 0.15) is 49.7 Å². The van der Waals surface area contributed by atoms with Crippen molar-refractivity contribution >= 4 is 22.5 Å². The van der Waals surface area contributed by atoms with Gasteiger partial charge in [-0.15, -0.1) is 0 Å². The summed E-state index contributed by atoms with van der Waals surface area (Å²) in [5.41, 5.74) is 2.74. The summed E-state index contributed by atoms with van der Waals surface area (Å²) in [4.78, 5) is 17.2. The van der Waals surface area contributed by atoms with Crippen LogP contribution in [-0.4, -0.2) is 10.9 Å². The first kappa shape index (κ1) is 20.0. The number of fused-ring (bicyclic) bond motifs is 1. The van der Waals surface area contributed by atoms with Crippen LogP contribution in [0.15, 0.2) is 54.7 Å². The van der Waals surface area contributed by atoms with Crippen LogP contribution in [0.5, 0.6) is 0 Å². The van der Waals surface area contributed by atoms with Crippen LogP contribution in [0.2, 0.25) is 0 Å². The Labute approximate surface area is 175 Å². The van der Waals surface area contributed by atoms with Crippen molar-refractivity contribution < 1.29 is 9.18 Å².